The fraction of sp³-hybridized carbons (Fsp3) is 0.500. The first kappa shape index (κ1) is 25.2. The Morgan fingerprint density at radius 2 is 1.94 bits per heavy atom. The van der Waals surface area contributed by atoms with Gasteiger partial charge in [-0.05, 0) is 37.1 Å². The standard InChI is InChI=1S/C28H34BrN3O4/c1-17(15-35-4)31-9-11-32(12-10-31)24(33)16-36-19-6-8-20-22(14-19)28(2,3)27-25(26(20)34)21-7-5-18(29)13-23(21)30-27/h5,7,13-14,17,30H,6,8-12,15-16H2,1-4H3. The maximum Gasteiger partial charge on any atom is 0.260 e. The topological polar surface area (TPSA) is 74.9 Å². The second-order valence-electron chi connectivity index (χ2n) is 10.5. The summed E-state index contributed by atoms with van der Waals surface area (Å²) in [4.78, 5) is 34.2. The minimum absolute atomic E-state index is 0.0113. The van der Waals surface area contributed by atoms with Crippen molar-refractivity contribution in [2.45, 2.75) is 45.1 Å². The van der Waals surface area contributed by atoms with Crippen LogP contribution in [-0.2, 0) is 19.7 Å². The SMILES string of the molecule is COCC(C)N1CCN(C(=O)COC2=CC3=C(CC2)C(=O)c2c([nH]c4cc(Br)ccc24)C3(C)C)CC1. The van der Waals surface area contributed by atoms with Crippen molar-refractivity contribution < 1.29 is 19.1 Å². The number of Topliss-reactive ketones (excluding diaryl/α,β-unsaturated/α-hetero) is 1. The third kappa shape index (κ3) is 4.44. The summed E-state index contributed by atoms with van der Waals surface area (Å²) >= 11 is 3.53. The molecule has 1 aliphatic heterocycles. The van der Waals surface area contributed by atoms with Crippen molar-refractivity contribution in [2.24, 2.45) is 0 Å². The molecule has 1 aromatic heterocycles. The van der Waals surface area contributed by atoms with Gasteiger partial charge in [0.1, 0.15) is 0 Å². The quantitative estimate of drug-likeness (QED) is 0.564. The highest BCUT2D eigenvalue weighted by atomic mass is 79.9. The molecule has 1 atom stereocenters. The summed E-state index contributed by atoms with van der Waals surface area (Å²) in [6, 6.07) is 6.35. The van der Waals surface area contributed by atoms with Crippen LogP contribution in [0.2, 0.25) is 0 Å². The highest BCUT2D eigenvalue weighted by molar-refractivity contribution is 9.10. The molecule has 1 fully saturated rings. The number of ether oxygens (including phenoxy) is 2. The molecular formula is C28H34BrN3O4. The summed E-state index contributed by atoms with van der Waals surface area (Å²) in [6.07, 6.45) is 3.24. The maximum atomic E-state index is 13.6. The molecule has 1 saturated heterocycles. The summed E-state index contributed by atoms with van der Waals surface area (Å²) in [6.45, 7) is 10.2. The number of nitrogens with zero attached hydrogens (tertiary/aromatic N) is 2. The van der Waals surface area contributed by atoms with E-state index < -0.39 is 0 Å². The number of rotatable bonds is 6. The number of piperazine rings is 1. The lowest BCUT2D eigenvalue weighted by atomic mass is 9.68. The largest absolute Gasteiger partial charge is 0.488 e. The molecule has 1 aromatic carbocycles. The number of fused-ring (bicyclic) bond motifs is 3. The van der Waals surface area contributed by atoms with E-state index in [0.717, 1.165) is 56.6 Å². The van der Waals surface area contributed by atoms with Gasteiger partial charge in [0.25, 0.3) is 5.91 Å². The summed E-state index contributed by atoms with van der Waals surface area (Å²) in [5.74, 6) is 0.884. The van der Waals surface area contributed by atoms with E-state index in [4.69, 9.17) is 9.47 Å². The molecule has 5 rings (SSSR count). The number of hydrogen-bond acceptors (Lipinski definition) is 5. The Balaban J connectivity index is 1.28. The van der Waals surface area contributed by atoms with E-state index in [1.54, 1.807) is 7.11 Å². The van der Waals surface area contributed by atoms with E-state index in [1.165, 1.54) is 0 Å². The molecule has 1 amide bonds. The van der Waals surface area contributed by atoms with Gasteiger partial charge in [-0.2, -0.15) is 0 Å². The minimum atomic E-state index is -0.377. The molecule has 0 radical (unpaired) electrons. The molecule has 0 spiro atoms. The predicted molar refractivity (Wildman–Crippen MR) is 143 cm³/mol. The van der Waals surface area contributed by atoms with Gasteiger partial charge >= 0.3 is 0 Å². The molecule has 2 heterocycles. The number of aromatic nitrogens is 1. The monoisotopic (exact) mass is 555 g/mol. The van der Waals surface area contributed by atoms with Crippen LogP contribution in [-0.4, -0.2) is 79.0 Å². The molecule has 2 aliphatic carbocycles. The van der Waals surface area contributed by atoms with Crippen LogP contribution in [0.5, 0.6) is 0 Å². The van der Waals surface area contributed by atoms with E-state index in [9.17, 15) is 9.59 Å². The highest BCUT2D eigenvalue weighted by Crippen LogP contribution is 2.47. The van der Waals surface area contributed by atoms with E-state index in [2.05, 4.69) is 46.6 Å². The van der Waals surface area contributed by atoms with Crippen LogP contribution < -0.4 is 0 Å². The number of ketones is 1. The number of hydrogen-bond donors (Lipinski definition) is 1. The van der Waals surface area contributed by atoms with Crippen molar-refractivity contribution in [2.75, 3.05) is 46.5 Å². The van der Waals surface area contributed by atoms with Crippen LogP contribution in [0, 0.1) is 0 Å². The number of carbonyl (C=O) groups excluding carboxylic acids is 2. The molecule has 1 N–H and O–H groups in total. The zero-order valence-corrected chi connectivity index (χ0v) is 23.0. The number of nitrogens with one attached hydrogen (secondary N) is 1. The van der Waals surface area contributed by atoms with Crippen molar-refractivity contribution >= 4 is 38.5 Å². The first-order valence-corrected chi connectivity index (χ1v) is 13.4. The average Bonchev–Trinajstić information content (AvgIpc) is 3.26. The van der Waals surface area contributed by atoms with Gasteiger partial charge in [0, 0.05) is 77.8 Å². The number of methoxy groups -OCH3 is 1. The molecule has 1 unspecified atom stereocenters. The molecular weight excluding hydrogens is 522 g/mol. The number of benzene rings is 1. The molecule has 36 heavy (non-hydrogen) atoms. The fourth-order valence-corrected chi connectivity index (χ4v) is 6.14. The Hall–Kier alpha value is -2.42. The lowest BCUT2D eigenvalue weighted by Gasteiger charge is -2.38. The van der Waals surface area contributed by atoms with Crippen molar-refractivity contribution in [3.63, 3.8) is 0 Å². The first-order valence-electron chi connectivity index (χ1n) is 12.6. The van der Waals surface area contributed by atoms with Gasteiger partial charge in [-0.25, -0.2) is 0 Å². The lowest BCUT2D eigenvalue weighted by Crippen LogP contribution is -2.52. The highest BCUT2D eigenvalue weighted by Gasteiger charge is 2.42. The van der Waals surface area contributed by atoms with Gasteiger partial charge in [0.05, 0.1) is 17.9 Å². The van der Waals surface area contributed by atoms with Crippen molar-refractivity contribution in [1.82, 2.24) is 14.8 Å². The molecule has 0 bridgehead atoms. The predicted octanol–water partition coefficient (Wildman–Crippen LogP) is 4.57. The molecule has 2 aromatic rings. The Morgan fingerprint density at radius 3 is 2.67 bits per heavy atom. The normalized spacial score (nSPS) is 20.8. The number of halogens is 1. The van der Waals surface area contributed by atoms with Gasteiger partial charge in [0.15, 0.2) is 12.4 Å². The second-order valence-corrected chi connectivity index (χ2v) is 11.4. The summed E-state index contributed by atoms with van der Waals surface area (Å²) in [5.41, 5.74) is 4.15. The smallest absolute Gasteiger partial charge is 0.260 e. The van der Waals surface area contributed by atoms with Gasteiger partial charge in [-0.3, -0.25) is 14.5 Å². The Bertz CT molecular complexity index is 1270. The van der Waals surface area contributed by atoms with Crippen molar-refractivity contribution in [3.05, 3.63) is 56.9 Å². The van der Waals surface area contributed by atoms with Crippen LogP contribution in [0.1, 0.15) is 49.7 Å². The van der Waals surface area contributed by atoms with Gasteiger partial charge in [-0.15, -0.1) is 0 Å². The van der Waals surface area contributed by atoms with Gasteiger partial charge in [0.2, 0.25) is 0 Å². The third-order valence-corrected chi connectivity index (χ3v) is 8.38. The molecule has 192 valence electrons. The summed E-state index contributed by atoms with van der Waals surface area (Å²) in [7, 11) is 1.72. The minimum Gasteiger partial charge on any atom is -0.488 e. The molecule has 7 nitrogen and oxygen atoms in total. The van der Waals surface area contributed by atoms with Crippen molar-refractivity contribution in [1.29, 1.82) is 0 Å². The number of H-pyrrole nitrogens is 1. The van der Waals surface area contributed by atoms with Crippen LogP contribution in [0.4, 0.5) is 0 Å². The summed E-state index contributed by atoms with van der Waals surface area (Å²) in [5, 5.41) is 0.964. The lowest BCUT2D eigenvalue weighted by molar-refractivity contribution is -0.137. The Kier molecular flexibility index (Phi) is 6.87. The zero-order chi connectivity index (χ0) is 25.6. The van der Waals surface area contributed by atoms with Crippen LogP contribution in [0.25, 0.3) is 10.9 Å². The number of amides is 1. The maximum absolute atomic E-state index is 13.6. The Labute approximate surface area is 220 Å². The molecule has 0 saturated carbocycles. The van der Waals surface area contributed by atoms with Gasteiger partial charge in [-0.1, -0.05) is 35.8 Å². The van der Waals surface area contributed by atoms with Gasteiger partial charge < -0.3 is 19.4 Å². The van der Waals surface area contributed by atoms with E-state index in [-0.39, 0.29) is 23.7 Å². The van der Waals surface area contributed by atoms with Crippen LogP contribution >= 0.6 is 15.9 Å². The summed E-state index contributed by atoms with van der Waals surface area (Å²) < 4.78 is 12.3. The molecule has 8 heteroatoms. The number of carbonyl (C=O) groups is 2. The Morgan fingerprint density at radius 1 is 1.19 bits per heavy atom. The fourth-order valence-electron chi connectivity index (χ4n) is 5.77. The van der Waals surface area contributed by atoms with E-state index in [1.807, 2.05) is 29.2 Å². The number of allylic oxidation sites excluding steroid dienone is 4. The van der Waals surface area contributed by atoms with E-state index >= 15 is 0 Å². The zero-order valence-electron chi connectivity index (χ0n) is 21.4. The molecule has 3 aliphatic rings. The number of aromatic amines is 1. The average molecular weight is 557 g/mol. The third-order valence-electron chi connectivity index (χ3n) is 7.89. The van der Waals surface area contributed by atoms with E-state index in [0.29, 0.717) is 38.6 Å². The first-order chi connectivity index (χ1) is 17.2. The van der Waals surface area contributed by atoms with Crippen molar-refractivity contribution in [3.8, 4) is 0 Å². The second kappa shape index (κ2) is 9.80. The van der Waals surface area contributed by atoms with Crippen LogP contribution in [0.15, 0.2) is 45.7 Å². The van der Waals surface area contributed by atoms with Crippen LogP contribution in [0.3, 0.4) is 0 Å².